The maximum Gasteiger partial charge on any atom is 0.299 e. The fourth-order valence-electron chi connectivity index (χ4n) is 2.36. The van der Waals surface area contributed by atoms with E-state index in [9.17, 15) is 9.59 Å². The summed E-state index contributed by atoms with van der Waals surface area (Å²) in [5.74, 6) is -0.525. The van der Waals surface area contributed by atoms with Gasteiger partial charge in [-0.15, -0.1) is 0 Å². The van der Waals surface area contributed by atoms with Crippen LogP contribution in [0.3, 0.4) is 0 Å². The molecule has 0 aromatic heterocycles. The van der Waals surface area contributed by atoms with E-state index < -0.39 is 11.7 Å². The van der Waals surface area contributed by atoms with Gasteiger partial charge in [0.2, 0.25) is 0 Å². The van der Waals surface area contributed by atoms with E-state index in [-0.39, 0.29) is 0 Å². The topological polar surface area (TPSA) is 49.4 Å². The zero-order valence-corrected chi connectivity index (χ0v) is 13.4. The molecule has 0 saturated heterocycles. The number of nitrogens with one attached hydrogen (secondary N) is 1. The Labute approximate surface area is 127 Å². The largest absolute Gasteiger partial charge is 0.316 e. The van der Waals surface area contributed by atoms with Gasteiger partial charge >= 0.3 is 0 Å². The molecule has 1 heterocycles. The Morgan fingerprint density at radius 1 is 1.35 bits per heavy atom. The first-order chi connectivity index (χ1) is 9.54. The third-order valence-corrected chi connectivity index (χ3v) is 3.84. The molecule has 20 heavy (non-hydrogen) atoms. The molecule has 1 aromatic carbocycles. The lowest BCUT2D eigenvalue weighted by Crippen LogP contribution is -2.37. The summed E-state index contributed by atoms with van der Waals surface area (Å²) in [5.41, 5.74) is 1.23. The van der Waals surface area contributed by atoms with Crippen LogP contribution in [0.4, 0.5) is 5.69 Å². The van der Waals surface area contributed by atoms with E-state index in [1.54, 1.807) is 11.0 Å². The van der Waals surface area contributed by atoms with Gasteiger partial charge in [0, 0.05) is 11.0 Å². The Balaban J connectivity index is 2.10. The van der Waals surface area contributed by atoms with E-state index in [0.717, 1.165) is 29.7 Å². The number of nitrogens with zero attached hydrogens (tertiary/aromatic N) is 1. The molecular formula is C15H19BrN2O2. The van der Waals surface area contributed by atoms with E-state index in [2.05, 4.69) is 35.1 Å². The summed E-state index contributed by atoms with van der Waals surface area (Å²) in [6.07, 6.45) is 1.09. The SMILES string of the molecule is CCCNCC(C)CN1C(=O)C(=O)c2cc(Br)ccc21. The standard InChI is InChI=1S/C15H19BrN2O2/c1-3-6-17-8-10(2)9-18-13-5-4-11(16)7-12(13)14(19)15(18)20/h4-5,7,10,17H,3,6,8-9H2,1-2H3. The molecule has 0 bridgehead atoms. The van der Waals surface area contributed by atoms with Crippen LogP contribution >= 0.6 is 15.9 Å². The van der Waals surface area contributed by atoms with Crippen LogP contribution in [0.2, 0.25) is 0 Å². The van der Waals surface area contributed by atoms with Crippen LogP contribution in [0.5, 0.6) is 0 Å². The molecule has 1 aliphatic rings. The third kappa shape index (κ3) is 3.10. The van der Waals surface area contributed by atoms with Crippen LogP contribution < -0.4 is 10.2 Å². The summed E-state index contributed by atoms with van der Waals surface area (Å²) < 4.78 is 0.817. The molecule has 2 rings (SSSR count). The summed E-state index contributed by atoms with van der Waals surface area (Å²) >= 11 is 3.33. The zero-order chi connectivity index (χ0) is 14.7. The van der Waals surface area contributed by atoms with Crippen molar-refractivity contribution in [2.45, 2.75) is 20.3 Å². The monoisotopic (exact) mass is 338 g/mol. The van der Waals surface area contributed by atoms with Gasteiger partial charge < -0.3 is 10.2 Å². The molecule has 108 valence electrons. The molecule has 1 N–H and O–H groups in total. The smallest absolute Gasteiger partial charge is 0.299 e. The molecule has 0 fully saturated rings. The minimum absolute atomic E-state index is 0.299. The number of hydrogen-bond acceptors (Lipinski definition) is 3. The summed E-state index contributed by atoms with van der Waals surface area (Å²) in [7, 11) is 0. The number of Topliss-reactive ketones (excluding diaryl/α,β-unsaturated/α-hetero) is 1. The average molecular weight is 339 g/mol. The molecule has 1 unspecified atom stereocenters. The molecule has 1 aromatic rings. The number of carbonyl (C=O) groups excluding carboxylic acids is 2. The first-order valence-electron chi connectivity index (χ1n) is 6.91. The van der Waals surface area contributed by atoms with Crippen LogP contribution in [0.15, 0.2) is 22.7 Å². The van der Waals surface area contributed by atoms with Crippen molar-refractivity contribution in [3.8, 4) is 0 Å². The molecule has 0 spiro atoms. The van der Waals surface area contributed by atoms with Gasteiger partial charge in [-0.05, 0) is 43.6 Å². The van der Waals surface area contributed by atoms with Gasteiger partial charge in [-0.3, -0.25) is 9.59 Å². The Morgan fingerprint density at radius 2 is 2.10 bits per heavy atom. The fraction of sp³-hybridized carbons (Fsp3) is 0.467. The van der Waals surface area contributed by atoms with Gasteiger partial charge in [0.1, 0.15) is 0 Å². The number of hydrogen-bond donors (Lipinski definition) is 1. The van der Waals surface area contributed by atoms with Crippen LogP contribution in [0, 0.1) is 5.92 Å². The molecule has 0 radical (unpaired) electrons. The Hall–Kier alpha value is -1.20. The van der Waals surface area contributed by atoms with Crippen LogP contribution in [-0.4, -0.2) is 31.3 Å². The van der Waals surface area contributed by atoms with E-state index in [0.29, 0.717) is 18.0 Å². The average Bonchev–Trinajstić information content (AvgIpc) is 2.64. The highest BCUT2D eigenvalue weighted by Gasteiger charge is 2.36. The van der Waals surface area contributed by atoms with Gasteiger partial charge in [0.15, 0.2) is 0 Å². The van der Waals surface area contributed by atoms with Crippen molar-refractivity contribution in [3.63, 3.8) is 0 Å². The summed E-state index contributed by atoms with van der Waals surface area (Å²) in [4.78, 5) is 25.7. The highest BCUT2D eigenvalue weighted by Crippen LogP contribution is 2.31. The van der Waals surface area contributed by atoms with Crippen LogP contribution in [0.1, 0.15) is 30.6 Å². The third-order valence-electron chi connectivity index (χ3n) is 3.35. The lowest BCUT2D eigenvalue weighted by molar-refractivity contribution is -0.114. The summed E-state index contributed by atoms with van der Waals surface area (Å²) in [5, 5.41) is 3.34. The van der Waals surface area contributed by atoms with Crippen molar-refractivity contribution >= 4 is 33.3 Å². The van der Waals surface area contributed by atoms with Crippen molar-refractivity contribution in [3.05, 3.63) is 28.2 Å². The second-order valence-electron chi connectivity index (χ2n) is 5.22. The number of amides is 1. The number of halogens is 1. The predicted octanol–water partition coefficient (Wildman–Crippen LogP) is 2.61. The predicted molar refractivity (Wildman–Crippen MR) is 83.2 cm³/mol. The number of carbonyl (C=O) groups is 2. The highest BCUT2D eigenvalue weighted by molar-refractivity contribution is 9.10. The molecule has 4 nitrogen and oxygen atoms in total. The second kappa shape index (κ2) is 6.50. The van der Waals surface area contributed by atoms with Crippen LogP contribution in [-0.2, 0) is 4.79 Å². The lowest BCUT2D eigenvalue weighted by Gasteiger charge is -2.21. The molecular weight excluding hydrogens is 320 g/mol. The molecule has 1 atom stereocenters. The first-order valence-corrected chi connectivity index (χ1v) is 7.70. The summed E-state index contributed by atoms with van der Waals surface area (Å²) in [6, 6.07) is 5.40. The summed E-state index contributed by atoms with van der Waals surface area (Å²) in [6.45, 7) is 6.58. The Morgan fingerprint density at radius 3 is 2.80 bits per heavy atom. The zero-order valence-electron chi connectivity index (χ0n) is 11.8. The lowest BCUT2D eigenvalue weighted by atomic mass is 10.1. The van der Waals surface area contributed by atoms with Crippen molar-refractivity contribution < 1.29 is 9.59 Å². The molecule has 0 saturated carbocycles. The van der Waals surface area contributed by atoms with Gasteiger partial charge in [0.25, 0.3) is 11.7 Å². The quantitative estimate of drug-likeness (QED) is 0.640. The van der Waals surface area contributed by atoms with E-state index in [4.69, 9.17) is 0 Å². The van der Waals surface area contributed by atoms with Crippen molar-refractivity contribution in [1.29, 1.82) is 0 Å². The number of fused-ring (bicyclic) bond motifs is 1. The van der Waals surface area contributed by atoms with Crippen LogP contribution in [0.25, 0.3) is 0 Å². The van der Waals surface area contributed by atoms with Crippen molar-refractivity contribution in [2.24, 2.45) is 5.92 Å². The maximum absolute atomic E-state index is 12.1. The van der Waals surface area contributed by atoms with Gasteiger partial charge in [-0.2, -0.15) is 0 Å². The molecule has 1 amide bonds. The minimum atomic E-state index is -0.416. The van der Waals surface area contributed by atoms with Gasteiger partial charge in [-0.1, -0.05) is 29.8 Å². The van der Waals surface area contributed by atoms with Crippen molar-refractivity contribution in [1.82, 2.24) is 5.32 Å². The van der Waals surface area contributed by atoms with E-state index in [1.165, 1.54) is 0 Å². The van der Waals surface area contributed by atoms with Gasteiger partial charge in [-0.25, -0.2) is 0 Å². The Bertz CT molecular complexity index is 531. The number of anilines is 1. The fourth-order valence-corrected chi connectivity index (χ4v) is 2.72. The maximum atomic E-state index is 12.1. The van der Waals surface area contributed by atoms with E-state index in [1.807, 2.05) is 12.1 Å². The molecule has 0 aliphatic carbocycles. The normalized spacial score (nSPS) is 15.7. The molecule has 5 heteroatoms. The number of ketones is 1. The minimum Gasteiger partial charge on any atom is -0.316 e. The first kappa shape index (κ1) is 15.2. The van der Waals surface area contributed by atoms with Gasteiger partial charge in [0.05, 0.1) is 11.3 Å². The molecule has 1 aliphatic heterocycles. The van der Waals surface area contributed by atoms with E-state index >= 15 is 0 Å². The Kier molecular flexibility index (Phi) is 4.94. The van der Waals surface area contributed by atoms with Crippen molar-refractivity contribution in [2.75, 3.05) is 24.5 Å². The second-order valence-corrected chi connectivity index (χ2v) is 6.13. The number of benzene rings is 1. The number of rotatable bonds is 6. The highest BCUT2D eigenvalue weighted by atomic mass is 79.9.